The van der Waals surface area contributed by atoms with E-state index < -0.39 is 11.7 Å². The van der Waals surface area contributed by atoms with Crippen molar-refractivity contribution >= 4 is 17.5 Å². The van der Waals surface area contributed by atoms with Crippen molar-refractivity contribution in [2.75, 3.05) is 18.5 Å². The maximum Gasteiger partial charge on any atom is 0.251 e. The number of carbonyl (C=O) groups excluding carboxylic acids is 2. The van der Waals surface area contributed by atoms with Crippen molar-refractivity contribution in [2.45, 2.75) is 0 Å². The van der Waals surface area contributed by atoms with Crippen molar-refractivity contribution in [1.82, 2.24) is 5.32 Å². The van der Waals surface area contributed by atoms with Crippen LogP contribution in [0.25, 0.3) is 0 Å². The first-order valence-electron chi connectivity index (χ1n) is 6.43. The van der Waals surface area contributed by atoms with Crippen LogP contribution in [0.2, 0.25) is 0 Å². The van der Waals surface area contributed by atoms with Crippen molar-refractivity contribution in [3.05, 3.63) is 66.0 Å². The first-order chi connectivity index (χ1) is 10.1. The molecule has 0 aliphatic rings. The lowest BCUT2D eigenvalue weighted by molar-refractivity contribution is -0.117. The van der Waals surface area contributed by atoms with E-state index in [1.54, 1.807) is 19.2 Å². The van der Waals surface area contributed by atoms with E-state index in [0.29, 0.717) is 5.56 Å². The van der Waals surface area contributed by atoms with Crippen LogP contribution < -0.4 is 10.2 Å². The van der Waals surface area contributed by atoms with Crippen molar-refractivity contribution < 1.29 is 14.0 Å². The van der Waals surface area contributed by atoms with Crippen LogP contribution in [0.15, 0.2) is 54.6 Å². The fourth-order valence-electron chi connectivity index (χ4n) is 1.77. The topological polar surface area (TPSA) is 49.4 Å². The largest absolute Gasteiger partial charge is 0.343 e. The summed E-state index contributed by atoms with van der Waals surface area (Å²) in [6.45, 7) is -0.123. The quantitative estimate of drug-likeness (QED) is 0.937. The minimum absolute atomic E-state index is 0.123. The Morgan fingerprint density at radius 3 is 2.29 bits per heavy atom. The minimum atomic E-state index is -0.412. The molecule has 21 heavy (non-hydrogen) atoms. The van der Waals surface area contributed by atoms with E-state index >= 15 is 0 Å². The molecule has 2 aromatic carbocycles. The standard InChI is InChI=1S/C16H15FN2O2/c1-19(14-5-3-2-4-6-14)15(20)11-18-16(21)12-7-9-13(17)10-8-12/h2-10H,11H2,1H3,(H,18,21). The van der Waals surface area contributed by atoms with Gasteiger partial charge in [-0.3, -0.25) is 9.59 Å². The summed E-state index contributed by atoms with van der Waals surface area (Å²) >= 11 is 0. The average Bonchev–Trinajstić information content (AvgIpc) is 2.53. The zero-order valence-corrected chi connectivity index (χ0v) is 11.5. The number of rotatable bonds is 4. The van der Waals surface area contributed by atoms with E-state index in [2.05, 4.69) is 5.32 Å². The van der Waals surface area contributed by atoms with Crippen molar-refractivity contribution in [1.29, 1.82) is 0 Å². The molecule has 0 aliphatic carbocycles. The van der Waals surface area contributed by atoms with Crippen LogP contribution in [0.4, 0.5) is 10.1 Å². The van der Waals surface area contributed by atoms with Crippen LogP contribution >= 0.6 is 0 Å². The molecule has 0 heterocycles. The molecule has 0 aliphatic heterocycles. The smallest absolute Gasteiger partial charge is 0.251 e. The number of amides is 2. The van der Waals surface area contributed by atoms with Gasteiger partial charge in [0.05, 0.1) is 6.54 Å². The number of hydrogen-bond acceptors (Lipinski definition) is 2. The number of benzene rings is 2. The second-order valence-corrected chi connectivity index (χ2v) is 4.48. The predicted molar refractivity (Wildman–Crippen MR) is 78.6 cm³/mol. The summed E-state index contributed by atoms with van der Waals surface area (Å²) in [6, 6.07) is 14.3. The molecule has 0 aromatic heterocycles. The molecule has 0 radical (unpaired) electrons. The number of nitrogens with zero attached hydrogens (tertiary/aromatic N) is 1. The van der Waals surface area contributed by atoms with Crippen LogP contribution in [0, 0.1) is 5.82 Å². The van der Waals surface area contributed by atoms with Gasteiger partial charge < -0.3 is 10.2 Å². The maximum atomic E-state index is 12.8. The van der Waals surface area contributed by atoms with E-state index in [9.17, 15) is 14.0 Å². The molecule has 0 fully saturated rings. The number of carbonyl (C=O) groups is 2. The Hall–Kier alpha value is -2.69. The molecule has 0 bridgehead atoms. The lowest BCUT2D eigenvalue weighted by atomic mass is 10.2. The Kier molecular flexibility index (Phi) is 4.66. The first kappa shape index (κ1) is 14.7. The third-order valence-electron chi connectivity index (χ3n) is 3.02. The summed E-state index contributed by atoms with van der Waals surface area (Å²) in [5.41, 5.74) is 1.06. The summed E-state index contributed by atoms with van der Waals surface area (Å²) in [6.07, 6.45) is 0. The number of hydrogen-bond donors (Lipinski definition) is 1. The zero-order chi connectivity index (χ0) is 15.2. The van der Waals surface area contributed by atoms with E-state index in [0.717, 1.165) is 5.69 Å². The Morgan fingerprint density at radius 1 is 1.05 bits per heavy atom. The molecule has 4 nitrogen and oxygen atoms in total. The monoisotopic (exact) mass is 286 g/mol. The zero-order valence-electron chi connectivity index (χ0n) is 11.5. The molecule has 0 atom stereocenters. The van der Waals surface area contributed by atoms with Crippen molar-refractivity contribution in [2.24, 2.45) is 0 Å². The van der Waals surface area contributed by atoms with Gasteiger partial charge in [0, 0.05) is 18.3 Å². The Morgan fingerprint density at radius 2 is 1.67 bits per heavy atom. The first-order valence-corrected chi connectivity index (χ1v) is 6.43. The molecule has 2 aromatic rings. The van der Waals surface area contributed by atoms with Crippen LogP contribution in [0.1, 0.15) is 10.4 Å². The van der Waals surface area contributed by atoms with Gasteiger partial charge in [0.2, 0.25) is 5.91 Å². The van der Waals surface area contributed by atoms with Gasteiger partial charge in [0.15, 0.2) is 0 Å². The molecule has 0 saturated carbocycles. The number of anilines is 1. The molecule has 0 unspecified atom stereocenters. The Bertz CT molecular complexity index is 626. The van der Waals surface area contributed by atoms with Gasteiger partial charge in [-0.1, -0.05) is 18.2 Å². The van der Waals surface area contributed by atoms with E-state index in [1.807, 2.05) is 18.2 Å². The second kappa shape index (κ2) is 6.65. The van der Waals surface area contributed by atoms with Crippen LogP contribution in [0.3, 0.4) is 0 Å². The molecular weight excluding hydrogens is 271 g/mol. The van der Waals surface area contributed by atoms with E-state index in [1.165, 1.54) is 29.2 Å². The van der Waals surface area contributed by atoms with E-state index in [-0.39, 0.29) is 12.5 Å². The average molecular weight is 286 g/mol. The number of likely N-dealkylation sites (N-methyl/N-ethyl adjacent to an activating group) is 1. The van der Waals surface area contributed by atoms with E-state index in [4.69, 9.17) is 0 Å². The molecule has 2 rings (SSSR count). The number of halogens is 1. The summed E-state index contributed by atoms with van der Waals surface area (Å²) in [4.78, 5) is 25.3. The molecule has 1 N–H and O–H groups in total. The lowest BCUT2D eigenvalue weighted by Gasteiger charge is -2.17. The number of para-hydroxylation sites is 1. The predicted octanol–water partition coefficient (Wildman–Crippen LogP) is 2.22. The fourth-order valence-corrected chi connectivity index (χ4v) is 1.77. The highest BCUT2D eigenvalue weighted by atomic mass is 19.1. The van der Waals surface area contributed by atoms with Crippen LogP contribution in [-0.4, -0.2) is 25.4 Å². The highest BCUT2D eigenvalue weighted by molar-refractivity contribution is 6.00. The minimum Gasteiger partial charge on any atom is -0.343 e. The molecule has 108 valence electrons. The summed E-state index contributed by atoms with van der Waals surface area (Å²) < 4.78 is 12.8. The Balaban J connectivity index is 1.92. The Labute approximate surface area is 122 Å². The van der Waals surface area contributed by atoms with Crippen molar-refractivity contribution in [3.63, 3.8) is 0 Å². The fraction of sp³-hybridized carbons (Fsp3) is 0.125. The lowest BCUT2D eigenvalue weighted by Crippen LogP contribution is -2.38. The third-order valence-corrected chi connectivity index (χ3v) is 3.02. The number of nitrogens with one attached hydrogen (secondary N) is 1. The van der Waals surface area contributed by atoms with Gasteiger partial charge in [-0.15, -0.1) is 0 Å². The van der Waals surface area contributed by atoms with Gasteiger partial charge in [-0.2, -0.15) is 0 Å². The van der Waals surface area contributed by atoms with Gasteiger partial charge >= 0.3 is 0 Å². The summed E-state index contributed by atoms with van der Waals surface area (Å²) in [5, 5.41) is 2.52. The molecular formula is C16H15FN2O2. The van der Waals surface area contributed by atoms with Gasteiger partial charge in [0.25, 0.3) is 5.91 Å². The van der Waals surface area contributed by atoms with Gasteiger partial charge in [-0.05, 0) is 36.4 Å². The van der Waals surface area contributed by atoms with Gasteiger partial charge in [-0.25, -0.2) is 4.39 Å². The van der Waals surface area contributed by atoms with Crippen molar-refractivity contribution in [3.8, 4) is 0 Å². The normalized spacial score (nSPS) is 10.0. The second-order valence-electron chi connectivity index (χ2n) is 4.48. The third kappa shape index (κ3) is 3.89. The summed E-state index contributed by atoms with van der Waals surface area (Å²) in [5.74, 6) is -1.06. The molecule has 2 amide bonds. The maximum absolute atomic E-state index is 12.8. The highest BCUT2D eigenvalue weighted by Gasteiger charge is 2.12. The molecule has 5 heteroatoms. The summed E-state index contributed by atoms with van der Waals surface area (Å²) in [7, 11) is 1.64. The SMILES string of the molecule is CN(C(=O)CNC(=O)c1ccc(F)cc1)c1ccccc1. The molecule has 0 spiro atoms. The van der Waals surface area contributed by atoms with Crippen LogP contribution in [-0.2, 0) is 4.79 Å². The van der Waals surface area contributed by atoms with Crippen LogP contribution in [0.5, 0.6) is 0 Å². The highest BCUT2D eigenvalue weighted by Crippen LogP contribution is 2.10. The molecule has 0 saturated heterocycles. The van der Waals surface area contributed by atoms with Gasteiger partial charge in [0.1, 0.15) is 5.82 Å².